The Balaban J connectivity index is 1.59. The van der Waals surface area contributed by atoms with Gasteiger partial charge < -0.3 is 14.2 Å². The highest BCUT2D eigenvalue weighted by Gasteiger charge is 2.59. The zero-order valence-corrected chi connectivity index (χ0v) is 12.8. The number of ether oxygens (including phenoxy) is 3. The van der Waals surface area contributed by atoms with Crippen LogP contribution in [0.25, 0.3) is 0 Å². The number of carbonyl (C=O) groups is 2. The van der Waals surface area contributed by atoms with Gasteiger partial charge in [0.15, 0.2) is 0 Å². The Morgan fingerprint density at radius 3 is 2.82 bits per heavy atom. The van der Waals surface area contributed by atoms with Crippen molar-refractivity contribution < 1.29 is 23.8 Å². The highest BCUT2D eigenvalue weighted by atomic mass is 32.1. The molecule has 8 nitrogen and oxygen atoms in total. The summed E-state index contributed by atoms with van der Waals surface area (Å²) in [5.74, 6) is -1.93. The van der Waals surface area contributed by atoms with Gasteiger partial charge in [-0.3, -0.25) is 0 Å². The lowest BCUT2D eigenvalue weighted by Crippen LogP contribution is -2.51. The highest BCUT2D eigenvalue weighted by molar-refractivity contribution is 6.99. The average molecular weight is 325 g/mol. The standard InChI is InChI=1S/C13H15N3O5S/c1-2-19-10-9(14-22-15-10)8-6-16-5-7(8)3-4-13(16)20-11(17)12(18)21-13/h7-8H,2-6H2,1H3. The van der Waals surface area contributed by atoms with E-state index in [4.69, 9.17) is 14.2 Å². The van der Waals surface area contributed by atoms with E-state index in [9.17, 15) is 9.59 Å². The second-order valence-electron chi connectivity index (χ2n) is 5.69. The van der Waals surface area contributed by atoms with Gasteiger partial charge in [0.2, 0.25) is 5.88 Å². The molecule has 4 heterocycles. The maximum Gasteiger partial charge on any atom is 0.421 e. The lowest BCUT2D eigenvalue weighted by Gasteiger charge is -2.37. The fraction of sp³-hybridized carbons (Fsp3) is 0.692. The zero-order chi connectivity index (χ0) is 15.3. The summed E-state index contributed by atoms with van der Waals surface area (Å²) in [5.41, 5.74) is 0.854. The first-order chi connectivity index (χ1) is 10.6. The zero-order valence-electron chi connectivity index (χ0n) is 12.0. The number of carbonyl (C=O) groups excluding carboxylic acids is 2. The highest BCUT2D eigenvalue weighted by Crippen LogP contribution is 2.48. The predicted molar refractivity (Wildman–Crippen MR) is 73.0 cm³/mol. The summed E-state index contributed by atoms with van der Waals surface area (Å²) in [4.78, 5) is 24.7. The van der Waals surface area contributed by atoms with E-state index in [0.29, 0.717) is 37.9 Å². The Kier molecular flexibility index (Phi) is 3.08. The topological polar surface area (TPSA) is 90.9 Å². The number of piperidine rings is 1. The molecule has 22 heavy (non-hydrogen) atoms. The van der Waals surface area contributed by atoms with Crippen LogP contribution in [0.2, 0.25) is 0 Å². The van der Waals surface area contributed by atoms with Crippen LogP contribution in [0.1, 0.15) is 31.4 Å². The SMILES string of the molecule is CCOc1nsnc1C1CN2CC1CCC21OC(=O)C(=O)O1. The largest absolute Gasteiger partial charge is 0.476 e. The molecule has 3 aliphatic heterocycles. The second kappa shape index (κ2) is 4.88. The van der Waals surface area contributed by atoms with E-state index in [1.807, 2.05) is 11.8 Å². The van der Waals surface area contributed by atoms with E-state index in [0.717, 1.165) is 23.8 Å². The van der Waals surface area contributed by atoms with Crippen molar-refractivity contribution in [3.8, 4) is 5.88 Å². The second-order valence-corrected chi connectivity index (χ2v) is 6.22. The molecule has 0 aromatic carbocycles. The molecule has 3 atom stereocenters. The summed E-state index contributed by atoms with van der Waals surface area (Å²) in [7, 11) is 0. The number of hydrogen-bond donors (Lipinski definition) is 0. The normalized spacial score (nSPS) is 32.1. The number of rotatable bonds is 3. The first-order valence-corrected chi connectivity index (χ1v) is 8.02. The van der Waals surface area contributed by atoms with Gasteiger partial charge >= 0.3 is 17.8 Å². The number of hydrogen-bond acceptors (Lipinski definition) is 9. The van der Waals surface area contributed by atoms with Gasteiger partial charge in [-0.15, -0.1) is 4.37 Å². The molecule has 3 unspecified atom stereocenters. The maximum absolute atomic E-state index is 11.4. The van der Waals surface area contributed by atoms with Crippen molar-refractivity contribution in [2.45, 2.75) is 31.6 Å². The van der Waals surface area contributed by atoms with Crippen molar-refractivity contribution in [2.75, 3.05) is 19.7 Å². The molecule has 0 saturated carbocycles. The first kappa shape index (κ1) is 13.9. The van der Waals surface area contributed by atoms with Gasteiger partial charge in [0.25, 0.3) is 0 Å². The lowest BCUT2D eigenvalue weighted by molar-refractivity contribution is -0.257. The van der Waals surface area contributed by atoms with Gasteiger partial charge in [0, 0.05) is 25.4 Å². The monoisotopic (exact) mass is 325 g/mol. The number of fused-ring (bicyclic) bond motifs is 3. The third-order valence-corrected chi connectivity index (χ3v) is 5.07. The van der Waals surface area contributed by atoms with Crippen molar-refractivity contribution in [2.24, 2.45) is 5.92 Å². The van der Waals surface area contributed by atoms with Crippen LogP contribution < -0.4 is 4.74 Å². The van der Waals surface area contributed by atoms with E-state index in [-0.39, 0.29) is 5.92 Å². The lowest BCUT2D eigenvalue weighted by atomic mass is 9.88. The average Bonchev–Trinajstić information content (AvgIpc) is 3.14. The Morgan fingerprint density at radius 1 is 1.32 bits per heavy atom. The van der Waals surface area contributed by atoms with E-state index >= 15 is 0 Å². The van der Waals surface area contributed by atoms with Crippen LogP contribution in [0.15, 0.2) is 0 Å². The molecule has 0 amide bonds. The summed E-state index contributed by atoms with van der Waals surface area (Å²) >= 11 is 1.14. The molecular formula is C13H15N3O5S. The van der Waals surface area contributed by atoms with Crippen LogP contribution in [0.3, 0.4) is 0 Å². The van der Waals surface area contributed by atoms with Gasteiger partial charge in [-0.25, -0.2) is 14.5 Å². The third-order valence-electron chi connectivity index (χ3n) is 4.54. The maximum atomic E-state index is 11.4. The van der Waals surface area contributed by atoms with Crippen LogP contribution in [-0.4, -0.2) is 51.2 Å². The molecule has 3 saturated heterocycles. The molecule has 0 N–H and O–H groups in total. The van der Waals surface area contributed by atoms with Gasteiger partial charge in [0.1, 0.15) is 5.69 Å². The van der Waals surface area contributed by atoms with Crippen LogP contribution in [0, 0.1) is 5.92 Å². The van der Waals surface area contributed by atoms with Crippen molar-refractivity contribution >= 4 is 23.7 Å². The number of esters is 2. The predicted octanol–water partition coefficient (Wildman–Crippen LogP) is 0.500. The van der Waals surface area contributed by atoms with E-state index in [2.05, 4.69) is 8.75 Å². The van der Waals surface area contributed by atoms with Crippen molar-refractivity contribution in [1.29, 1.82) is 0 Å². The van der Waals surface area contributed by atoms with E-state index in [1.54, 1.807) is 0 Å². The third kappa shape index (κ3) is 1.92. The fourth-order valence-corrected chi connectivity index (χ4v) is 4.12. The number of nitrogens with zero attached hydrogens (tertiary/aromatic N) is 3. The molecular weight excluding hydrogens is 310 g/mol. The van der Waals surface area contributed by atoms with Gasteiger partial charge in [-0.1, -0.05) is 0 Å². The molecule has 3 aliphatic rings. The van der Waals surface area contributed by atoms with Crippen LogP contribution in [0.4, 0.5) is 0 Å². The molecule has 118 valence electrons. The molecule has 1 aromatic heterocycles. The summed E-state index contributed by atoms with van der Waals surface area (Å²) in [6, 6.07) is 0. The summed E-state index contributed by atoms with van der Waals surface area (Å²) < 4.78 is 24.6. The Morgan fingerprint density at radius 2 is 2.09 bits per heavy atom. The molecule has 1 spiro atoms. The molecule has 0 aliphatic carbocycles. The smallest absolute Gasteiger partial charge is 0.421 e. The number of aromatic nitrogens is 2. The Bertz CT molecular complexity index is 617. The van der Waals surface area contributed by atoms with Gasteiger partial charge in [0.05, 0.1) is 18.3 Å². The summed E-state index contributed by atoms with van der Waals surface area (Å²) in [6.07, 6.45) is 1.29. The van der Waals surface area contributed by atoms with Crippen LogP contribution in [0.5, 0.6) is 5.88 Å². The van der Waals surface area contributed by atoms with E-state index < -0.39 is 17.8 Å². The van der Waals surface area contributed by atoms with Crippen LogP contribution in [-0.2, 0) is 19.1 Å². The summed E-state index contributed by atoms with van der Waals surface area (Å²) in [6.45, 7) is 3.76. The quantitative estimate of drug-likeness (QED) is 0.586. The Hall–Kier alpha value is -1.74. The van der Waals surface area contributed by atoms with Crippen molar-refractivity contribution in [1.82, 2.24) is 13.6 Å². The Labute approximate surface area is 130 Å². The molecule has 3 fully saturated rings. The van der Waals surface area contributed by atoms with Crippen molar-refractivity contribution in [3.05, 3.63) is 5.69 Å². The summed E-state index contributed by atoms with van der Waals surface area (Å²) in [5, 5.41) is 0. The van der Waals surface area contributed by atoms with Crippen LogP contribution >= 0.6 is 11.7 Å². The fourth-order valence-electron chi connectivity index (χ4n) is 3.55. The minimum absolute atomic E-state index is 0.151. The first-order valence-electron chi connectivity index (χ1n) is 7.29. The molecule has 0 radical (unpaired) electrons. The molecule has 9 heteroatoms. The van der Waals surface area contributed by atoms with E-state index in [1.165, 1.54) is 0 Å². The minimum atomic E-state index is -1.21. The van der Waals surface area contributed by atoms with Gasteiger partial charge in [-0.2, -0.15) is 4.37 Å². The molecule has 1 aromatic rings. The molecule has 2 bridgehead atoms. The minimum Gasteiger partial charge on any atom is -0.476 e. The van der Waals surface area contributed by atoms with Gasteiger partial charge in [-0.05, 0) is 19.3 Å². The molecule has 4 rings (SSSR count). The van der Waals surface area contributed by atoms with Crippen molar-refractivity contribution in [3.63, 3.8) is 0 Å².